The molecule has 0 saturated heterocycles. The predicted octanol–water partition coefficient (Wildman–Crippen LogP) is 6.41. The Balaban J connectivity index is 1.46. The normalized spacial score (nSPS) is 14.1. The first-order valence-electron chi connectivity index (χ1n) is 11.8. The summed E-state index contributed by atoms with van der Waals surface area (Å²) in [7, 11) is 1.14. The monoisotopic (exact) mass is 577 g/mol. The van der Waals surface area contributed by atoms with E-state index in [9.17, 15) is 35.5 Å². The van der Waals surface area contributed by atoms with Gasteiger partial charge in [-0.2, -0.15) is 36.5 Å². The number of halogens is 7. The number of ether oxygens (including phenoxy) is 1. The van der Waals surface area contributed by atoms with Crippen molar-refractivity contribution in [3.05, 3.63) is 94.8 Å². The summed E-state index contributed by atoms with van der Waals surface area (Å²) in [6.07, 6.45) is -6.94. The van der Waals surface area contributed by atoms with Crippen LogP contribution in [0.1, 0.15) is 34.3 Å². The minimum Gasteiger partial charge on any atom is -0.467 e. The van der Waals surface area contributed by atoms with Gasteiger partial charge in [-0.1, -0.05) is 18.2 Å². The first-order chi connectivity index (χ1) is 19.4. The number of rotatable bonds is 5. The van der Waals surface area contributed by atoms with E-state index >= 15 is 0 Å². The van der Waals surface area contributed by atoms with E-state index < -0.39 is 46.9 Å². The summed E-state index contributed by atoms with van der Waals surface area (Å²) < 4.78 is 99.2. The van der Waals surface area contributed by atoms with Crippen LogP contribution in [0.2, 0.25) is 0 Å². The molecule has 1 N–H and O–H groups in total. The van der Waals surface area contributed by atoms with Gasteiger partial charge in [-0.3, -0.25) is 0 Å². The Hall–Kier alpha value is -4.75. The van der Waals surface area contributed by atoms with Gasteiger partial charge in [0.1, 0.15) is 11.6 Å². The van der Waals surface area contributed by atoms with Crippen LogP contribution >= 0.6 is 0 Å². The Bertz CT molecular complexity index is 1630. The summed E-state index contributed by atoms with van der Waals surface area (Å²) in [5, 5.41) is 7.71. The minimum atomic E-state index is -5.10. The highest BCUT2D eigenvalue weighted by atomic mass is 19.4. The Kier molecular flexibility index (Phi) is 7.01. The van der Waals surface area contributed by atoms with Gasteiger partial charge in [0.15, 0.2) is 6.04 Å². The van der Waals surface area contributed by atoms with Crippen molar-refractivity contribution in [1.29, 1.82) is 0 Å². The molecular formula is C27H18F7N5O2. The molecule has 5 rings (SSSR count). The summed E-state index contributed by atoms with van der Waals surface area (Å²) in [6, 6.07) is 8.40. The molecule has 41 heavy (non-hydrogen) atoms. The zero-order valence-electron chi connectivity index (χ0n) is 20.9. The molecule has 0 fully saturated rings. The third-order valence-corrected chi connectivity index (χ3v) is 6.35. The van der Waals surface area contributed by atoms with Crippen molar-refractivity contribution < 1.29 is 40.3 Å². The first kappa shape index (κ1) is 27.8. The van der Waals surface area contributed by atoms with Crippen LogP contribution in [-0.2, 0) is 28.4 Å². The number of esters is 1. The molecule has 1 aliphatic rings. The zero-order valence-corrected chi connectivity index (χ0v) is 20.9. The number of H-pyrrole nitrogens is 1. The minimum absolute atomic E-state index is 0.000895. The smallest absolute Gasteiger partial charge is 0.417 e. The number of benzene rings is 2. The number of alkyl halides is 6. The van der Waals surface area contributed by atoms with Crippen LogP contribution in [0.25, 0.3) is 28.7 Å². The number of carbonyl (C=O) groups is 1. The van der Waals surface area contributed by atoms with E-state index in [4.69, 9.17) is 4.74 Å². The molecule has 0 spiro atoms. The van der Waals surface area contributed by atoms with Crippen LogP contribution in [0.15, 0.2) is 60.8 Å². The number of hydrogen-bond acceptors (Lipinski definition) is 6. The standard InChI is InChI=1S/C27H18F7N5O2/c1-41-25(40)23(39-11-10-20-22(13-39)36-24(35-20)16-4-2-3-5-18(16)28)21-9-8-19(37-38-21)15-7-6-14(26(29,30)31)12-17(15)27(32,33)34/h2-12,23H,13H2,1H3,(H,35,36). The molecule has 1 atom stereocenters. The third kappa shape index (κ3) is 5.49. The molecule has 0 radical (unpaired) electrons. The third-order valence-electron chi connectivity index (χ3n) is 6.35. The highest BCUT2D eigenvalue weighted by Crippen LogP contribution is 2.40. The van der Waals surface area contributed by atoms with Crippen molar-refractivity contribution in [1.82, 2.24) is 25.1 Å². The molecule has 0 aliphatic carbocycles. The Labute approximate surface area is 227 Å². The van der Waals surface area contributed by atoms with Crippen LogP contribution in [-0.4, -0.2) is 38.1 Å². The highest BCUT2D eigenvalue weighted by Gasteiger charge is 2.39. The number of fused-ring (bicyclic) bond motifs is 1. The Morgan fingerprint density at radius 1 is 0.976 bits per heavy atom. The van der Waals surface area contributed by atoms with Crippen LogP contribution < -0.4 is 0 Å². The molecule has 2 aromatic carbocycles. The van der Waals surface area contributed by atoms with Gasteiger partial charge in [0.2, 0.25) is 0 Å². The topological polar surface area (TPSA) is 84.0 Å². The van der Waals surface area contributed by atoms with E-state index in [2.05, 4.69) is 20.2 Å². The average molecular weight is 577 g/mol. The molecule has 7 nitrogen and oxygen atoms in total. The second-order valence-corrected chi connectivity index (χ2v) is 8.94. The first-order valence-corrected chi connectivity index (χ1v) is 11.8. The van der Waals surface area contributed by atoms with Gasteiger partial charge >= 0.3 is 18.3 Å². The van der Waals surface area contributed by atoms with Crippen molar-refractivity contribution in [2.75, 3.05) is 7.11 Å². The zero-order chi connectivity index (χ0) is 29.5. The molecule has 0 amide bonds. The van der Waals surface area contributed by atoms with Crippen LogP contribution in [0, 0.1) is 5.82 Å². The van der Waals surface area contributed by atoms with Crippen molar-refractivity contribution in [2.24, 2.45) is 0 Å². The predicted molar refractivity (Wildman–Crippen MR) is 131 cm³/mol. The largest absolute Gasteiger partial charge is 0.467 e. The number of methoxy groups -OCH3 is 1. The number of aromatic amines is 1. The molecule has 212 valence electrons. The van der Waals surface area contributed by atoms with Gasteiger partial charge in [-0.05, 0) is 42.5 Å². The van der Waals surface area contributed by atoms with E-state index in [1.165, 1.54) is 23.1 Å². The number of imidazole rings is 1. The SMILES string of the molecule is COC(=O)C(c1ccc(-c2ccc(C(F)(F)F)cc2C(F)(F)F)nn1)N1C=Cc2[nH]c(-c3ccccc3F)nc2C1. The van der Waals surface area contributed by atoms with Gasteiger partial charge in [0.05, 0.1) is 53.1 Å². The fourth-order valence-corrected chi connectivity index (χ4v) is 4.38. The maximum atomic E-state index is 14.3. The van der Waals surface area contributed by atoms with Crippen molar-refractivity contribution >= 4 is 12.0 Å². The lowest BCUT2D eigenvalue weighted by Gasteiger charge is -2.29. The Morgan fingerprint density at radius 2 is 1.73 bits per heavy atom. The number of aromatic nitrogens is 4. The van der Waals surface area contributed by atoms with Crippen molar-refractivity contribution in [2.45, 2.75) is 24.9 Å². The summed E-state index contributed by atoms with van der Waals surface area (Å²) in [6.45, 7) is 0.0527. The summed E-state index contributed by atoms with van der Waals surface area (Å²) >= 11 is 0. The highest BCUT2D eigenvalue weighted by molar-refractivity contribution is 5.78. The average Bonchev–Trinajstić information content (AvgIpc) is 3.36. The molecule has 1 aliphatic heterocycles. The van der Waals surface area contributed by atoms with Gasteiger partial charge in [-0.15, -0.1) is 0 Å². The van der Waals surface area contributed by atoms with Gasteiger partial charge in [0.25, 0.3) is 0 Å². The van der Waals surface area contributed by atoms with Crippen LogP contribution in [0.4, 0.5) is 30.7 Å². The van der Waals surface area contributed by atoms with Gasteiger partial charge < -0.3 is 14.6 Å². The molecule has 1 unspecified atom stereocenters. The lowest BCUT2D eigenvalue weighted by molar-refractivity contribution is -0.147. The number of carbonyl (C=O) groups excluding carboxylic acids is 1. The molecule has 0 saturated carbocycles. The quantitative estimate of drug-likeness (QED) is 0.218. The van der Waals surface area contributed by atoms with E-state index in [1.807, 2.05) is 0 Å². The lowest BCUT2D eigenvalue weighted by Crippen LogP contribution is -2.33. The van der Waals surface area contributed by atoms with Crippen LogP contribution in [0.3, 0.4) is 0 Å². The maximum absolute atomic E-state index is 14.3. The van der Waals surface area contributed by atoms with Gasteiger partial charge in [0, 0.05) is 11.8 Å². The lowest BCUT2D eigenvalue weighted by atomic mass is 10.00. The molecular weight excluding hydrogens is 559 g/mol. The second kappa shape index (κ2) is 10.3. The number of hydrogen-bond donors (Lipinski definition) is 1. The van der Waals surface area contributed by atoms with E-state index in [0.29, 0.717) is 23.5 Å². The van der Waals surface area contributed by atoms with Crippen molar-refractivity contribution in [3.8, 4) is 22.6 Å². The second-order valence-electron chi connectivity index (χ2n) is 8.94. The van der Waals surface area contributed by atoms with E-state index in [1.54, 1.807) is 24.4 Å². The fourth-order valence-electron chi connectivity index (χ4n) is 4.38. The molecule has 2 aromatic heterocycles. The molecule has 14 heteroatoms. The summed E-state index contributed by atoms with van der Waals surface area (Å²) in [5.41, 5.74) is -2.66. The molecule has 4 aromatic rings. The Morgan fingerprint density at radius 3 is 2.37 bits per heavy atom. The summed E-state index contributed by atoms with van der Waals surface area (Å²) in [5.74, 6) is -0.977. The summed E-state index contributed by atoms with van der Waals surface area (Å²) in [4.78, 5) is 21.7. The molecule has 0 bridgehead atoms. The number of nitrogens with one attached hydrogen (secondary N) is 1. The molecule has 3 heterocycles. The van der Waals surface area contributed by atoms with Crippen LogP contribution in [0.5, 0.6) is 0 Å². The van der Waals surface area contributed by atoms with E-state index in [-0.39, 0.29) is 35.4 Å². The fraction of sp³-hybridized carbons (Fsp3) is 0.185. The maximum Gasteiger partial charge on any atom is 0.417 e. The number of nitrogens with zero attached hydrogens (tertiary/aromatic N) is 4. The van der Waals surface area contributed by atoms with Gasteiger partial charge in [-0.25, -0.2) is 14.2 Å². The van der Waals surface area contributed by atoms with Crippen molar-refractivity contribution in [3.63, 3.8) is 0 Å². The van der Waals surface area contributed by atoms with E-state index in [0.717, 1.165) is 13.2 Å².